The fourth-order valence-electron chi connectivity index (χ4n) is 5.81. The molecule has 9 heteroatoms. The highest BCUT2D eigenvalue weighted by Gasteiger charge is 2.45. The molecule has 2 aromatic rings. The molecule has 9 nitrogen and oxygen atoms in total. The molecule has 0 bridgehead atoms. The standard InChI is InChI=1S/C30H38N4O5/c1-16-8-10-22-19(12-16)24(25(36)30(6,7)39-22)32-26(37)17-9-11-21-18(13-17)20(14-29(4,5)38-21)34-23(35)15-28(2,3)33-27(34)31/h8-13,20,24-25,36H,14-15H2,1-7H3,(H2,31,33)(H,32,37)/t20-,24-,25+/m1/s1. The van der Waals surface area contributed by atoms with Crippen LogP contribution in [0.1, 0.15) is 93.5 Å². The predicted octanol–water partition coefficient (Wildman–Crippen LogP) is 3.93. The molecule has 3 heterocycles. The van der Waals surface area contributed by atoms with Crippen molar-refractivity contribution < 1.29 is 24.2 Å². The van der Waals surface area contributed by atoms with Gasteiger partial charge in [0.2, 0.25) is 5.91 Å². The second-order valence-electron chi connectivity index (χ2n) is 12.7. The zero-order chi connectivity index (χ0) is 28.5. The average Bonchev–Trinajstić information content (AvgIpc) is 2.80. The van der Waals surface area contributed by atoms with Crippen molar-refractivity contribution in [1.29, 1.82) is 0 Å². The predicted molar refractivity (Wildman–Crippen MR) is 148 cm³/mol. The highest BCUT2D eigenvalue weighted by atomic mass is 16.5. The van der Waals surface area contributed by atoms with Gasteiger partial charge < -0.3 is 25.6 Å². The second kappa shape index (κ2) is 8.98. The summed E-state index contributed by atoms with van der Waals surface area (Å²) in [5.74, 6) is 0.910. The maximum absolute atomic E-state index is 13.6. The summed E-state index contributed by atoms with van der Waals surface area (Å²) in [6.45, 7) is 13.2. The van der Waals surface area contributed by atoms with Crippen molar-refractivity contribution in [3.8, 4) is 11.5 Å². The summed E-state index contributed by atoms with van der Waals surface area (Å²) < 4.78 is 12.3. The number of nitrogens with two attached hydrogens (primary N) is 1. The minimum atomic E-state index is -0.976. The van der Waals surface area contributed by atoms with Crippen molar-refractivity contribution in [1.82, 2.24) is 10.2 Å². The number of rotatable bonds is 3. The molecule has 0 aromatic heterocycles. The lowest BCUT2D eigenvalue weighted by Gasteiger charge is -2.44. The normalized spacial score (nSPS) is 26.4. The number of guanidine groups is 1. The number of aliphatic hydroxyl groups excluding tert-OH is 1. The number of nitrogens with zero attached hydrogens (tertiary/aromatic N) is 2. The van der Waals surface area contributed by atoms with Gasteiger partial charge in [0.05, 0.1) is 24.0 Å². The van der Waals surface area contributed by atoms with E-state index in [2.05, 4.69) is 10.3 Å². The number of amides is 2. The summed E-state index contributed by atoms with van der Waals surface area (Å²) in [6.07, 6.45) is -0.264. The molecule has 2 aromatic carbocycles. The van der Waals surface area contributed by atoms with Gasteiger partial charge in [0, 0.05) is 23.1 Å². The Morgan fingerprint density at radius 1 is 1.05 bits per heavy atom. The SMILES string of the molecule is Cc1ccc2c(c1)[C@@H](NC(=O)c1ccc3c(c1)[C@H](N1C(=O)CC(C)(C)N=C1N)CC(C)(C)O3)[C@H](O)C(C)(C)O2. The van der Waals surface area contributed by atoms with Crippen LogP contribution in [0.25, 0.3) is 0 Å². The number of ether oxygens (including phenoxy) is 2. The van der Waals surface area contributed by atoms with E-state index in [1.165, 1.54) is 0 Å². The van der Waals surface area contributed by atoms with E-state index in [-0.39, 0.29) is 24.2 Å². The molecular weight excluding hydrogens is 496 g/mol. The Hall–Kier alpha value is -3.59. The van der Waals surface area contributed by atoms with E-state index < -0.39 is 34.9 Å². The van der Waals surface area contributed by atoms with Crippen molar-refractivity contribution in [3.63, 3.8) is 0 Å². The number of carbonyl (C=O) groups is 2. The minimum absolute atomic E-state index is 0.115. The Morgan fingerprint density at radius 2 is 1.72 bits per heavy atom. The third kappa shape index (κ3) is 4.95. The lowest BCUT2D eigenvalue weighted by molar-refractivity contribution is -0.132. The van der Waals surface area contributed by atoms with E-state index in [9.17, 15) is 14.7 Å². The first kappa shape index (κ1) is 27.0. The molecule has 0 unspecified atom stereocenters. The maximum atomic E-state index is 13.6. The molecule has 4 N–H and O–H groups in total. The zero-order valence-corrected chi connectivity index (χ0v) is 23.7. The molecule has 0 saturated carbocycles. The maximum Gasteiger partial charge on any atom is 0.251 e. The summed E-state index contributed by atoms with van der Waals surface area (Å²) >= 11 is 0. The number of fused-ring (bicyclic) bond motifs is 2. The van der Waals surface area contributed by atoms with E-state index >= 15 is 0 Å². The first-order valence-electron chi connectivity index (χ1n) is 13.4. The molecule has 0 aliphatic carbocycles. The van der Waals surface area contributed by atoms with E-state index in [4.69, 9.17) is 15.2 Å². The summed E-state index contributed by atoms with van der Waals surface area (Å²) in [7, 11) is 0. The lowest BCUT2D eigenvalue weighted by Crippen LogP contribution is -2.54. The van der Waals surface area contributed by atoms with Gasteiger partial charge in [-0.2, -0.15) is 0 Å². The molecule has 3 aliphatic heterocycles. The van der Waals surface area contributed by atoms with Crippen LogP contribution in [-0.2, 0) is 4.79 Å². The number of nitrogens with one attached hydrogen (secondary N) is 1. The highest BCUT2D eigenvalue weighted by molar-refractivity contribution is 6.00. The first-order chi connectivity index (χ1) is 18.1. The molecule has 3 atom stereocenters. The molecule has 2 amide bonds. The van der Waals surface area contributed by atoms with Crippen molar-refractivity contribution in [2.75, 3.05) is 0 Å². The van der Waals surface area contributed by atoms with Crippen molar-refractivity contribution in [3.05, 3.63) is 58.7 Å². The molecular formula is C30H38N4O5. The highest BCUT2D eigenvalue weighted by Crippen LogP contribution is 2.45. The summed E-state index contributed by atoms with van der Waals surface area (Å²) in [5.41, 5.74) is 7.09. The van der Waals surface area contributed by atoms with Crippen molar-refractivity contribution in [2.45, 2.75) is 96.2 Å². The number of benzene rings is 2. The van der Waals surface area contributed by atoms with Gasteiger partial charge >= 0.3 is 0 Å². The van der Waals surface area contributed by atoms with E-state index in [1.54, 1.807) is 36.9 Å². The van der Waals surface area contributed by atoms with Crippen LogP contribution in [-0.4, -0.2) is 50.6 Å². The van der Waals surface area contributed by atoms with Crippen molar-refractivity contribution in [2.24, 2.45) is 10.7 Å². The molecule has 0 saturated heterocycles. The molecule has 39 heavy (non-hydrogen) atoms. The van der Waals surface area contributed by atoms with Crippen LogP contribution in [0.5, 0.6) is 11.5 Å². The zero-order valence-electron chi connectivity index (χ0n) is 23.7. The Balaban J connectivity index is 1.51. The Morgan fingerprint density at radius 3 is 2.41 bits per heavy atom. The number of hydrogen-bond donors (Lipinski definition) is 3. The number of aryl methyl sites for hydroxylation is 1. The van der Waals surface area contributed by atoms with Crippen LogP contribution >= 0.6 is 0 Å². The minimum Gasteiger partial charge on any atom is -0.487 e. The lowest BCUT2D eigenvalue weighted by atomic mass is 9.85. The van der Waals surface area contributed by atoms with E-state index in [0.717, 1.165) is 11.1 Å². The monoisotopic (exact) mass is 534 g/mol. The summed E-state index contributed by atoms with van der Waals surface area (Å²) in [4.78, 5) is 33.0. The van der Waals surface area contributed by atoms with Crippen LogP contribution < -0.4 is 20.5 Å². The Labute approximate surface area is 229 Å². The summed E-state index contributed by atoms with van der Waals surface area (Å²) in [5, 5.41) is 14.2. The van der Waals surface area contributed by atoms with Gasteiger partial charge in [-0.15, -0.1) is 0 Å². The third-order valence-electron chi connectivity index (χ3n) is 7.72. The van der Waals surface area contributed by atoms with Crippen LogP contribution in [0.15, 0.2) is 41.4 Å². The number of aliphatic hydroxyl groups is 1. The van der Waals surface area contributed by atoms with Gasteiger partial charge in [-0.05, 0) is 72.7 Å². The Bertz CT molecular complexity index is 1380. The quantitative estimate of drug-likeness (QED) is 0.548. The number of hydrogen-bond acceptors (Lipinski definition) is 7. The average molecular weight is 535 g/mol. The molecule has 5 rings (SSSR count). The molecule has 0 spiro atoms. The van der Waals surface area contributed by atoms with Crippen LogP contribution in [0.4, 0.5) is 0 Å². The van der Waals surface area contributed by atoms with Crippen LogP contribution in [0, 0.1) is 6.92 Å². The fraction of sp³-hybridized carbons (Fsp3) is 0.500. The number of carbonyl (C=O) groups excluding carboxylic acids is 2. The largest absolute Gasteiger partial charge is 0.487 e. The second-order valence-corrected chi connectivity index (χ2v) is 12.7. The van der Waals surface area contributed by atoms with Crippen molar-refractivity contribution >= 4 is 17.8 Å². The number of aliphatic imine (C=N–C) groups is 1. The topological polar surface area (TPSA) is 126 Å². The van der Waals surface area contributed by atoms with Gasteiger partial charge in [-0.25, -0.2) is 4.99 Å². The Kier molecular flexibility index (Phi) is 6.21. The van der Waals surface area contributed by atoms with E-state index in [1.807, 2.05) is 52.8 Å². The smallest absolute Gasteiger partial charge is 0.251 e. The molecule has 0 fully saturated rings. The molecule has 3 aliphatic rings. The van der Waals surface area contributed by atoms with Gasteiger partial charge in [-0.1, -0.05) is 17.7 Å². The van der Waals surface area contributed by atoms with Gasteiger partial charge in [0.15, 0.2) is 5.96 Å². The van der Waals surface area contributed by atoms with Gasteiger partial charge in [0.1, 0.15) is 28.8 Å². The third-order valence-corrected chi connectivity index (χ3v) is 7.72. The van der Waals surface area contributed by atoms with Gasteiger partial charge in [-0.3, -0.25) is 14.5 Å². The fourth-order valence-corrected chi connectivity index (χ4v) is 5.81. The molecule has 208 valence electrons. The van der Waals surface area contributed by atoms with E-state index in [0.29, 0.717) is 29.0 Å². The summed E-state index contributed by atoms with van der Waals surface area (Å²) in [6, 6.07) is 9.80. The molecule has 0 radical (unpaired) electrons. The van der Waals surface area contributed by atoms with Crippen LogP contribution in [0.2, 0.25) is 0 Å². The first-order valence-corrected chi connectivity index (χ1v) is 13.4. The van der Waals surface area contributed by atoms with Gasteiger partial charge in [0.25, 0.3) is 5.91 Å². The van der Waals surface area contributed by atoms with Crippen LogP contribution in [0.3, 0.4) is 0 Å².